The summed E-state index contributed by atoms with van der Waals surface area (Å²) in [6, 6.07) is 21.2. The lowest BCUT2D eigenvalue weighted by Crippen LogP contribution is -2.39. The number of oxime groups is 1. The van der Waals surface area contributed by atoms with Gasteiger partial charge >= 0.3 is 0 Å². The van der Waals surface area contributed by atoms with E-state index in [0.717, 1.165) is 28.5 Å². The average molecular weight is 481 g/mol. The molecule has 1 heterocycles. The Morgan fingerprint density at radius 3 is 2.63 bits per heavy atom. The summed E-state index contributed by atoms with van der Waals surface area (Å²) >= 11 is 0. The Kier molecular flexibility index (Phi) is 8.58. The summed E-state index contributed by atoms with van der Waals surface area (Å²) in [5, 5.41) is 14.9. The Labute approximate surface area is 204 Å². The van der Waals surface area contributed by atoms with Crippen LogP contribution in [0.2, 0.25) is 0 Å². The molecule has 0 spiro atoms. The molecule has 7 heteroatoms. The molecular weight excluding hydrogens is 450 g/mol. The number of halogens is 2. The molecule has 1 aliphatic heterocycles. The number of hydrogen-bond donors (Lipinski definition) is 1. The first-order valence-corrected chi connectivity index (χ1v) is 11.7. The van der Waals surface area contributed by atoms with Crippen LogP contribution in [0.15, 0.2) is 78.0 Å². The van der Waals surface area contributed by atoms with E-state index in [2.05, 4.69) is 5.16 Å². The van der Waals surface area contributed by atoms with Gasteiger partial charge in [-0.05, 0) is 24.1 Å². The molecule has 4 rings (SSSR count). The smallest absolute Gasteiger partial charge is 0.145 e. The fourth-order valence-corrected chi connectivity index (χ4v) is 4.20. The highest BCUT2D eigenvalue weighted by atomic mass is 19.1. The van der Waals surface area contributed by atoms with E-state index in [-0.39, 0.29) is 25.8 Å². The molecule has 0 bridgehead atoms. The zero-order valence-corrected chi connectivity index (χ0v) is 19.7. The van der Waals surface area contributed by atoms with Crippen molar-refractivity contribution in [2.24, 2.45) is 5.16 Å². The van der Waals surface area contributed by atoms with Crippen LogP contribution in [0.4, 0.5) is 8.78 Å². The number of nitrogens with zero attached hydrogens (tertiary/aromatic N) is 2. The normalized spacial score (nSPS) is 16.3. The van der Waals surface area contributed by atoms with Gasteiger partial charge in [-0.3, -0.25) is 4.90 Å². The molecule has 0 radical (unpaired) electrons. The number of benzene rings is 3. The molecule has 2 atom stereocenters. The second-order valence-electron chi connectivity index (χ2n) is 8.87. The fourth-order valence-electron chi connectivity index (χ4n) is 4.20. The van der Waals surface area contributed by atoms with Crippen molar-refractivity contribution in [3.63, 3.8) is 0 Å². The molecule has 0 unspecified atom stereocenters. The number of aryl methyl sites for hydroxylation is 1. The lowest BCUT2D eigenvalue weighted by molar-refractivity contribution is -0.00671. The first-order valence-electron chi connectivity index (χ1n) is 11.7. The second-order valence-corrected chi connectivity index (χ2v) is 8.87. The van der Waals surface area contributed by atoms with Crippen LogP contribution in [-0.2, 0) is 22.7 Å². The van der Waals surface area contributed by atoms with Crippen LogP contribution in [0, 0.1) is 18.6 Å². The molecule has 0 amide bonds. The average Bonchev–Trinajstić information content (AvgIpc) is 3.30. The van der Waals surface area contributed by atoms with Gasteiger partial charge in [0.05, 0.1) is 25.0 Å². The van der Waals surface area contributed by atoms with Crippen LogP contribution in [0.25, 0.3) is 0 Å². The van der Waals surface area contributed by atoms with Gasteiger partial charge in [0.15, 0.2) is 0 Å². The standard InChI is InChI=1S/C28H30F2N2O3/c1-20-7-5-6-10-26(20)28-14-25(35-31-28)17-32(15-22-11-12-23(29)13-27(22)30)16-24(33)19-34-18-21-8-3-2-4-9-21/h2-13,24-25,33H,14-19H2,1H3/t24-,25-/m1/s1. The van der Waals surface area contributed by atoms with Crippen LogP contribution in [0.1, 0.15) is 28.7 Å². The molecule has 0 fully saturated rings. The lowest BCUT2D eigenvalue weighted by Gasteiger charge is -2.27. The topological polar surface area (TPSA) is 54.3 Å². The number of hydrogen-bond acceptors (Lipinski definition) is 5. The number of aliphatic hydroxyl groups excluding tert-OH is 1. The second kappa shape index (κ2) is 12.0. The minimum Gasteiger partial charge on any atom is -0.390 e. The summed E-state index contributed by atoms with van der Waals surface area (Å²) in [7, 11) is 0. The number of ether oxygens (including phenoxy) is 1. The molecule has 1 N–H and O–H groups in total. The van der Waals surface area contributed by atoms with Gasteiger partial charge in [0.25, 0.3) is 0 Å². The molecule has 0 aromatic heterocycles. The van der Waals surface area contributed by atoms with Crippen LogP contribution in [0.3, 0.4) is 0 Å². The quantitative estimate of drug-likeness (QED) is 0.427. The van der Waals surface area contributed by atoms with Crippen molar-refractivity contribution >= 4 is 5.71 Å². The Morgan fingerprint density at radius 2 is 1.86 bits per heavy atom. The van der Waals surface area contributed by atoms with E-state index >= 15 is 0 Å². The van der Waals surface area contributed by atoms with E-state index in [0.29, 0.717) is 25.1 Å². The van der Waals surface area contributed by atoms with Gasteiger partial charge in [-0.2, -0.15) is 0 Å². The minimum absolute atomic E-state index is 0.133. The van der Waals surface area contributed by atoms with Gasteiger partial charge in [-0.1, -0.05) is 65.8 Å². The van der Waals surface area contributed by atoms with E-state index in [1.54, 1.807) is 0 Å². The summed E-state index contributed by atoms with van der Waals surface area (Å²) < 4.78 is 33.4. The molecule has 35 heavy (non-hydrogen) atoms. The highest BCUT2D eigenvalue weighted by Gasteiger charge is 2.27. The van der Waals surface area contributed by atoms with Gasteiger partial charge in [0, 0.05) is 43.2 Å². The van der Waals surface area contributed by atoms with Crippen molar-refractivity contribution in [3.8, 4) is 0 Å². The Hall–Kier alpha value is -3.13. The molecule has 3 aromatic carbocycles. The molecule has 5 nitrogen and oxygen atoms in total. The van der Waals surface area contributed by atoms with E-state index in [1.165, 1.54) is 12.1 Å². The predicted molar refractivity (Wildman–Crippen MR) is 131 cm³/mol. The summed E-state index contributed by atoms with van der Waals surface area (Å²) in [4.78, 5) is 7.59. The summed E-state index contributed by atoms with van der Waals surface area (Å²) in [6.45, 7) is 3.41. The Bertz CT molecular complexity index is 1140. The predicted octanol–water partition coefficient (Wildman–Crippen LogP) is 4.85. The third kappa shape index (κ3) is 7.18. The summed E-state index contributed by atoms with van der Waals surface area (Å²) in [5.74, 6) is -1.24. The van der Waals surface area contributed by atoms with Gasteiger partial charge in [0.1, 0.15) is 17.7 Å². The van der Waals surface area contributed by atoms with Gasteiger partial charge in [-0.15, -0.1) is 0 Å². The molecule has 184 valence electrons. The van der Waals surface area contributed by atoms with Crippen molar-refractivity contribution in [3.05, 3.63) is 107 Å². The van der Waals surface area contributed by atoms with E-state index in [1.807, 2.05) is 66.4 Å². The van der Waals surface area contributed by atoms with Gasteiger partial charge < -0.3 is 14.7 Å². The largest absolute Gasteiger partial charge is 0.390 e. The minimum atomic E-state index is -0.791. The summed E-state index contributed by atoms with van der Waals surface area (Å²) in [6.07, 6.45) is -0.431. The Balaban J connectivity index is 1.38. The monoisotopic (exact) mass is 480 g/mol. The fraction of sp³-hybridized carbons (Fsp3) is 0.321. The van der Waals surface area contributed by atoms with Crippen molar-refractivity contribution in [2.75, 3.05) is 19.7 Å². The maximum Gasteiger partial charge on any atom is 0.145 e. The van der Waals surface area contributed by atoms with Crippen molar-refractivity contribution in [1.29, 1.82) is 0 Å². The molecule has 1 aliphatic rings. The van der Waals surface area contributed by atoms with Crippen molar-refractivity contribution in [1.82, 2.24) is 4.90 Å². The maximum atomic E-state index is 14.4. The summed E-state index contributed by atoms with van der Waals surface area (Å²) in [5.41, 5.74) is 4.40. The van der Waals surface area contributed by atoms with Gasteiger partial charge in [0.2, 0.25) is 0 Å². The van der Waals surface area contributed by atoms with E-state index < -0.39 is 17.7 Å². The molecule has 0 saturated heterocycles. The Morgan fingerprint density at radius 1 is 1.09 bits per heavy atom. The van der Waals surface area contributed by atoms with Crippen molar-refractivity contribution in [2.45, 2.75) is 38.7 Å². The first kappa shape index (κ1) is 25.0. The van der Waals surface area contributed by atoms with Crippen LogP contribution in [-0.4, -0.2) is 47.6 Å². The zero-order chi connectivity index (χ0) is 24.6. The van der Waals surface area contributed by atoms with E-state index in [9.17, 15) is 13.9 Å². The molecular formula is C28H30F2N2O3. The third-order valence-corrected chi connectivity index (χ3v) is 5.95. The van der Waals surface area contributed by atoms with Crippen LogP contribution < -0.4 is 0 Å². The third-order valence-electron chi connectivity index (χ3n) is 5.95. The molecule has 0 aliphatic carbocycles. The van der Waals surface area contributed by atoms with E-state index in [4.69, 9.17) is 9.57 Å². The maximum absolute atomic E-state index is 14.4. The highest BCUT2D eigenvalue weighted by molar-refractivity contribution is 6.02. The van der Waals surface area contributed by atoms with Crippen molar-refractivity contribution < 1.29 is 23.5 Å². The molecule has 3 aromatic rings. The number of aliphatic hydroxyl groups is 1. The van der Waals surface area contributed by atoms with Gasteiger partial charge in [-0.25, -0.2) is 8.78 Å². The number of rotatable bonds is 11. The first-order chi connectivity index (χ1) is 17.0. The molecule has 0 saturated carbocycles. The SMILES string of the molecule is Cc1ccccc1C1=NO[C@@H](CN(Cc2ccc(F)cc2F)C[C@@H](O)COCc2ccccc2)C1. The zero-order valence-electron chi connectivity index (χ0n) is 19.7. The highest BCUT2D eigenvalue weighted by Crippen LogP contribution is 2.21. The van der Waals surface area contributed by atoms with Crippen LogP contribution in [0.5, 0.6) is 0 Å². The lowest BCUT2D eigenvalue weighted by atomic mass is 10.00. The van der Waals surface area contributed by atoms with Crippen LogP contribution >= 0.6 is 0 Å².